The summed E-state index contributed by atoms with van der Waals surface area (Å²) in [5, 5.41) is 1.30. The topological polar surface area (TPSA) is 99.7 Å². The van der Waals surface area contributed by atoms with E-state index in [1.165, 1.54) is 64.5 Å². The molecule has 2 aromatic rings. The van der Waals surface area contributed by atoms with Gasteiger partial charge in [0, 0.05) is 32.6 Å². The number of aryl methyl sites for hydroxylation is 3. The monoisotopic (exact) mass is 668 g/mol. The number of aromatic nitrogens is 1. The fourth-order valence-corrected chi connectivity index (χ4v) is 4.26. The van der Waals surface area contributed by atoms with Crippen molar-refractivity contribution in [2.45, 2.75) is 93.5 Å². The van der Waals surface area contributed by atoms with Crippen LogP contribution < -0.4 is 0 Å². The Morgan fingerprint density at radius 2 is 1.54 bits per heavy atom. The first-order chi connectivity index (χ1) is 14.2. The van der Waals surface area contributed by atoms with Crippen LogP contribution in [0.2, 0.25) is 0 Å². The van der Waals surface area contributed by atoms with Gasteiger partial charge in [-0.25, -0.2) is 0 Å². The Balaban J connectivity index is -0.000000161. The molecule has 1 fully saturated rings. The Kier molecular flexibility index (Phi) is 27.4. The van der Waals surface area contributed by atoms with Crippen molar-refractivity contribution >= 4 is 16.5 Å². The molecule has 0 saturated heterocycles. The SMILES string of the molecule is C=C/C=C(/C)c1c(C)c(C)c2c(C)ccnc2c1C.CC1CCCCC1[NH-].CCC.O.O.[CH3-].[CH3-].[Pt]. The minimum absolute atomic E-state index is 0. The van der Waals surface area contributed by atoms with E-state index >= 15 is 0 Å². The second-order valence-corrected chi connectivity index (χ2v) is 8.76. The van der Waals surface area contributed by atoms with Crippen LogP contribution in [0.5, 0.6) is 0 Å². The number of hydrogen-bond donors (Lipinski definition) is 0. The van der Waals surface area contributed by atoms with Crippen LogP contribution in [-0.4, -0.2) is 22.0 Å². The molecule has 0 spiro atoms. The molecule has 0 amide bonds. The zero-order valence-corrected chi connectivity index (χ0v) is 26.2. The maximum atomic E-state index is 7.48. The molecule has 0 radical (unpaired) electrons. The number of benzene rings is 1. The van der Waals surface area contributed by atoms with E-state index in [9.17, 15) is 0 Å². The van der Waals surface area contributed by atoms with Crippen molar-refractivity contribution in [2.75, 3.05) is 0 Å². The fraction of sp³-hybridized carbons (Fsp3) is 0.500. The van der Waals surface area contributed by atoms with Gasteiger partial charge in [0.2, 0.25) is 0 Å². The molecule has 1 heterocycles. The Labute approximate surface area is 231 Å². The number of rotatable bonds is 2. The number of hydrogen-bond acceptors (Lipinski definition) is 1. The smallest absolute Gasteiger partial charge is 0.0742 e. The van der Waals surface area contributed by atoms with Crippen molar-refractivity contribution in [3.63, 3.8) is 0 Å². The van der Waals surface area contributed by atoms with Gasteiger partial charge in [-0.3, -0.25) is 4.98 Å². The van der Waals surface area contributed by atoms with E-state index in [0.29, 0.717) is 5.92 Å². The van der Waals surface area contributed by atoms with Crippen molar-refractivity contribution in [2.24, 2.45) is 5.92 Å². The molecule has 1 aliphatic carbocycles. The summed E-state index contributed by atoms with van der Waals surface area (Å²) < 4.78 is 0. The van der Waals surface area contributed by atoms with Crippen LogP contribution in [0.1, 0.15) is 87.6 Å². The average molecular weight is 669 g/mol. The predicted octanol–water partition coefficient (Wildman–Crippen LogP) is 8.34. The van der Waals surface area contributed by atoms with Crippen LogP contribution in [0.25, 0.3) is 22.2 Å². The first-order valence-electron chi connectivity index (χ1n) is 11.6. The normalized spacial score (nSPS) is 16.1. The molecule has 4 nitrogen and oxygen atoms in total. The summed E-state index contributed by atoms with van der Waals surface area (Å²) in [7, 11) is 0. The van der Waals surface area contributed by atoms with Crippen LogP contribution in [0.15, 0.2) is 31.0 Å². The van der Waals surface area contributed by atoms with Gasteiger partial charge in [-0.15, -0.1) is 6.04 Å². The van der Waals surface area contributed by atoms with Crippen LogP contribution in [-0.2, 0) is 21.1 Å². The third-order valence-corrected chi connectivity index (χ3v) is 6.08. The summed E-state index contributed by atoms with van der Waals surface area (Å²) in [5.41, 5.74) is 16.4. The first kappa shape index (κ1) is 43.7. The zero-order valence-electron chi connectivity index (χ0n) is 24.0. The van der Waals surface area contributed by atoms with E-state index in [1.807, 2.05) is 12.3 Å². The van der Waals surface area contributed by atoms with Gasteiger partial charge in [0.15, 0.2) is 0 Å². The summed E-state index contributed by atoms with van der Waals surface area (Å²) in [4.78, 5) is 4.59. The zero-order chi connectivity index (χ0) is 22.8. The first-order valence-corrected chi connectivity index (χ1v) is 11.6. The predicted molar refractivity (Wildman–Crippen MR) is 156 cm³/mol. The van der Waals surface area contributed by atoms with Crippen LogP contribution in [0.3, 0.4) is 0 Å². The molecular formula is C30H53N2O2Pt-3. The van der Waals surface area contributed by atoms with Crippen LogP contribution >= 0.6 is 0 Å². The molecule has 0 aliphatic heterocycles. The molecule has 0 bridgehead atoms. The number of nitrogens with one attached hydrogen (secondary N) is 1. The van der Waals surface area contributed by atoms with Gasteiger partial charge < -0.3 is 31.5 Å². The third kappa shape index (κ3) is 12.0. The molecule has 2 unspecified atom stereocenters. The van der Waals surface area contributed by atoms with E-state index in [0.717, 1.165) is 11.9 Å². The van der Waals surface area contributed by atoms with Crippen molar-refractivity contribution in [1.29, 1.82) is 0 Å². The standard InChI is InChI=1S/C18H21N.C7H14N.C3H8.2CH3.2H2O.Pt/c1-7-8-11(2)16-13(4)14(5)17-12(3)9-10-19-18(17)15(16)6;1-6-4-2-3-5-7(6)8;1-3-2;;;;;/h7-10H,1H2,2-6H3;6-8H,2-5H2,1H3;3H2,1-2H3;2*1H3;2*1H2;/q;-1;;2*-1;;;/b11-8-;;;;;;;. The van der Waals surface area contributed by atoms with E-state index in [1.54, 1.807) is 0 Å². The van der Waals surface area contributed by atoms with E-state index in [2.05, 4.69) is 79.1 Å². The minimum Gasteiger partial charge on any atom is -0.674 e. The molecule has 5 N–H and O–H groups in total. The van der Waals surface area contributed by atoms with Crippen molar-refractivity contribution in [3.8, 4) is 0 Å². The Hall–Kier alpha value is -1.32. The third-order valence-electron chi connectivity index (χ3n) is 6.08. The van der Waals surface area contributed by atoms with Crippen LogP contribution in [0, 0.1) is 48.5 Å². The molecule has 3 rings (SSSR count). The second-order valence-electron chi connectivity index (χ2n) is 8.76. The van der Waals surface area contributed by atoms with Crippen LogP contribution in [0.4, 0.5) is 0 Å². The molecule has 1 aromatic heterocycles. The summed E-state index contributed by atoms with van der Waals surface area (Å²) >= 11 is 0. The number of fused-ring (bicyclic) bond motifs is 1. The van der Waals surface area contributed by atoms with E-state index in [4.69, 9.17) is 5.73 Å². The minimum atomic E-state index is 0. The fourth-order valence-electron chi connectivity index (χ4n) is 4.26. The number of nitrogens with zero attached hydrogens (tertiary/aromatic N) is 1. The van der Waals surface area contributed by atoms with Crippen molar-refractivity contribution in [1.82, 2.24) is 4.98 Å². The number of allylic oxidation sites excluding steroid dienone is 3. The van der Waals surface area contributed by atoms with E-state index in [-0.39, 0.29) is 52.9 Å². The molecule has 1 saturated carbocycles. The van der Waals surface area contributed by atoms with Gasteiger partial charge in [0.1, 0.15) is 0 Å². The Morgan fingerprint density at radius 3 is 1.97 bits per heavy atom. The van der Waals surface area contributed by atoms with Crippen molar-refractivity contribution in [3.05, 3.63) is 79.4 Å². The summed E-state index contributed by atoms with van der Waals surface area (Å²) in [6.07, 6.45) is 12.1. The molecule has 35 heavy (non-hydrogen) atoms. The molecule has 1 aromatic carbocycles. The Bertz CT molecular complexity index is 869. The average Bonchev–Trinajstić information content (AvgIpc) is 2.70. The molecule has 5 heteroatoms. The maximum Gasteiger partial charge on any atom is 0.0742 e. The molecule has 2 atom stereocenters. The summed E-state index contributed by atoms with van der Waals surface area (Å²) in [6.45, 7) is 21.1. The summed E-state index contributed by atoms with van der Waals surface area (Å²) in [6, 6.07) is 2.34. The van der Waals surface area contributed by atoms with Gasteiger partial charge in [0.05, 0.1) is 5.52 Å². The van der Waals surface area contributed by atoms with E-state index < -0.39 is 0 Å². The molecule has 1 aliphatic rings. The molecule has 208 valence electrons. The van der Waals surface area contributed by atoms with Gasteiger partial charge in [-0.2, -0.15) is 0 Å². The quantitative estimate of drug-likeness (QED) is 0.233. The van der Waals surface area contributed by atoms with Gasteiger partial charge >= 0.3 is 0 Å². The molecular weight excluding hydrogens is 615 g/mol. The van der Waals surface area contributed by atoms with Gasteiger partial charge in [-0.05, 0) is 74.1 Å². The number of pyridine rings is 1. The van der Waals surface area contributed by atoms with Crippen molar-refractivity contribution < 1.29 is 32.0 Å². The second kappa shape index (κ2) is 21.9. The maximum absolute atomic E-state index is 7.48. The van der Waals surface area contributed by atoms with Gasteiger partial charge in [-0.1, -0.05) is 77.5 Å². The summed E-state index contributed by atoms with van der Waals surface area (Å²) in [5.74, 6) is 0.670. The largest absolute Gasteiger partial charge is 0.674 e. The van der Waals surface area contributed by atoms with Gasteiger partial charge in [0.25, 0.3) is 0 Å². The Morgan fingerprint density at radius 1 is 1.03 bits per heavy atom.